The molecule has 0 radical (unpaired) electrons. The summed E-state index contributed by atoms with van der Waals surface area (Å²) in [5.74, 6) is 1.25. The molecule has 6 nitrogen and oxygen atoms in total. The molecule has 146 valence electrons. The second-order valence-electron chi connectivity index (χ2n) is 6.99. The Morgan fingerprint density at radius 3 is 2.67 bits per heavy atom. The van der Waals surface area contributed by atoms with E-state index in [1.807, 2.05) is 24.3 Å². The van der Waals surface area contributed by atoms with Crippen molar-refractivity contribution in [1.82, 2.24) is 15.2 Å². The second kappa shape index (κ2) is 9.35. The van der Waals surface area contributed by atoms with Gasteiger partial charge in [0.25, 0.3) is 0 Å². The van der Waals surface area contributed by atoms with E-state index in [1.54, 1.807) is 6.20 Å². The molecular formula is C20H26ClN3O3. The van der Waals surface area contributed by atoms with E-state index in [2.05, 4.69) is 29.0 Å². The first kappa shape index (κ1) is 19.9. The highest BCUT2D eigenvalue weighted by Crippen LogP contribution is 2.22. The van der Waals surface area contributed by atoms with Crippen LogP contribution in [0.4, 0.5) is 0 Å². The summed E-state index contributed by atoms with van der Waals surface area (Å²) in [4.78, 5) is 18.6. The molecule has 0 saturated carbocycles. The maximum atomic E-state index is 12.1. The molecule has 1 aliphatic rings. The zero-order valence-electron chi connectivity index (χ0n) is 15.8. The van der Waals surface area contributed by atoms with E-state index in [4.69, 9.17) is 20.8 Å². The van der Waals surface area contributed by atoms with Gasteiger partial charge in [0.05, 0.1) is 18.4 Å². The number of nitrogens with one attached hydrogen (secondary N) is 1. The number of aryl methyl sites for hydroxylation is 1. The molecule has 1 N–H and O–H groups in total. The molecule has 7 heteroatoms. The van der Waals surface area contributed by atoms with Gasteiger partial charge in [0.2, 0.25) is 5.91 Å². The number of ether oxygens (including phenoxy) is 1. The molecule has 1 fully saturated rings. The number of amides is 1. The van der Waals surface area contributed by atoms with Crippen LogP contribution in [-0.2, 0) is 16.0 Å². The molecule has 3 rings (SSSR count). The third-order valence-electron chi connectivity index (χ3n) is 4.49. The van der Waals surface area contributed by atoms with Crippen LogP contribution >= 0.6 is 11.6 Å². The van der Waals surface area contributed by atoms with Crippen LogP contribution in [0.2, 0.25) is 5.02 Å². The minimum atomic E-state index is 0.00981. The Balaban J connectivity index is 1.39. The number of oxazole rings is 1. The zero-order chi connectivity index (χ0) is 19.2. The molecule has 1 aromatic carbocycles. The third-order valence-corrected chi connectivity index (χ3v) is 4.75. The lowest BCUT2D eigenvalue weighted by molar-refractivity contribution is -0.121. The number of nitrogens with zero attached hydrogens (tertiary/aromatic N) is 2. The van der Waals surface area contributed by atoms with Crippen LogP contribution in [-0.4, -0.2) is 54.2 Å². The van der Waals surface area contributed by atoms with Crippen molar-refractivity contribution in [2.24, 2.45) is 0 Å². The molecule has 1 saturated heterocycles. The maximum Gasteiger partial charge on any atom is 0.220 e. The molecule has 1 aromatic heterocycles. The van der Waals surface area contributed by atoms with Crippen molar-refractivity contribution in [3.63, 3.8) is 0 Å². The molecule has 27 heavy (non-hydrogen) atoms. The van der Waals surface area contributed by atoms with Crippen molar-refractivity contribution in [2.45, 2.75) is 38.9 Å². The largest absolute Gasteiger partial charge is 0.441 e. The lowest BCUT2D eigenvalue weighted by Gasteiger charge is -2.35. The SMILES string of the molecule is CC1CN(CCNC(=O)CCc2ncc(-c3ccc(Cl)cc3)o2)CC(C)O1. The topological polar surface area (TPSA) is 67.6 Å². The fourth-order valence-electron chi connectivity index (χ4n) is 3.30. The van der Waals surface area contributed by atoms with Gasteiger partial charge in [-0.15, -0.1) is 0 Å². The monoisotopic (exact) mass is 391 g/mol. The van der Waals surface area contributed by atoms with Crippen LogP contribution in [0.5, 0.6) is 0 Å². The Bertz CT molecular complexity index is 737. The molecule has 2 aromatic rings. The summed E-state index contributed by atoms with van der Waals surface area (Å²) < 4.78 is 11.4. The zero-order valence-corrected chi connectivity index (χ0v) is 16.5. The van der Waals surface area contributed by atoms with Crippen molar-refractivity contribution in [3.8, 4) is 11.3 Å². The summed E-state index contributed by atoms with van der Waals surface area (Å²) in [6.07, 6.45) is 2.99. The first-order valence-electron chi connectivity index (χ1n) is 9.35. The molecule has 0 aliphatic carbocycles. The summed E-state index contributed by atoms with van der Waals surface area (Å²) in [6, 6.07) is 7.38. The highest BCUT2D eigenvalue weighted by molar-refractivity contribution is 6.30. The number of rotatable bonds is 7. The average Bonchev–Trinajstić information content (AvgIpc) is 3.09. The number of benzene rings is 1. The average molecular weight is 392 g/mol. The number of aromatic nitrogens is 1. The van der Waals surface area contributed by atoms with Gasteiger partial charge in [0.1, 0.15) is 0 Å². The molecule has 2 unspecified atom stereocenters. The molecule has 1 aliphatic heterocycles. The van der Waals surface area contributed by atoms with Gasteiger partial charge < -0.3 is 14.5 Å². The van der Waals surface area contributed by atoms with E-state index >= 15 is 0 Å². The van der Waals surface area contributed by atoms with E-state index in [1.165, 1.54) is 0 Å². The van der Waals surface area contributed by atoms with E-state index in [0.717, 1.165) is 25.2 Å². The number of carbonyl (C=O) groups is 1. The molecular weight excluding hydrogens is 366 g/mol. The van der Waals surface area contributed by atoms with Crippen LogP contribution in [0.25, 0.3) is 11.3 Å². The number of carbonyl (C=O) groups excluding carboxylic acids is 1. The Labute approximate surface area is 164 Å². The van der Waals surface area contributed by atoms with Gasteiger partial charge in [-0.2, -0.15) is 0 Å². The van der Waals surface area contributed by atoms with Gasteiger partial charge in [-0.05, 0) is 38.1 Å². The highest BCUT2D eigenvalue weighted by atomic mass is 35.5. The van der Waals surface area contributed by atoms with Gasteiger partial charge in [-0.1, -0.05) is 11.6 Å². The van der Waals surface area contributed by atoms with Gasteiger partial charge >= 0.3 is 0 Å². The Morgan fingerprint density at radius 1 is 1.26 bits per heavy atom. The van der Waals surface area contributed by atoms with Crippen molar-refractivity contribution in [3.05, 3.63) is 41.4 Å². The van der Waals surface area contributed by atoms with Crippen molar-refractivity contribution < 1.29 is 13.9 Å². The molecule has 1 amide bonds. The van der Waals surface area contributed by atoms with Crippen molar-refractivity contribution in [2.75, 3.05) is 26.2 Å². The maximum absolute atomic E-state index is 12.1. The van der Waals surface area contributed by atoms with Crippen LogP contribution in [0.1, 0.15) is 26.2 Å². The van der Waals surface area contributed by atoms with Crippen molar-refractivity contribution in [1.29, 1.82) is 0 Å². The van der Waals surface area contributed by atoms with Gasteiger partial charge in [0, 0.05) is 49.6 Å². The standard InChI is InChI=1S/C20H26ClN3O3/c1-14-12-24(13-15(2)26-14)10-9-22-19(25)7-8-20-23-11-18(27-20)16-3-5-17(21)6-4-16/h3-6,11,14-15H,7-10,12-13H2,1-2H3,(H,22,25). The third kappa shape index (κ3) is 6.06. The summed E-state index contributed by atoms with van der Waals surface area (Å²) in [5, 5.41) is 3.65. The number of morpholine rings is 1. The second-order valence-corrected chi connectivity index (χ2v) is 7.43. The van der Waals surface area contributed by atoms with Crippen LogP contribution in [0, 0.1) is 0 Å². The number of hydrogen-bond donors (Lipinski definition) is 1. The van der Waals surface area contributed by atoms with E-state index in [-0.39, 0.29) is 18.1 Å². The van der Waals surface area contributed by atoms with E-state index in [9.17, 15) is 4.79 Å². The Morgan fingerprint density at radius 2 is 1.96 bits per heavy atom. The molecule has 0 bridgehead atoms. The minimum Gasteiger partial charge on any atom is -0.441 e. The van der Waals surface area contributed by atoms with Gasteiger partial charge in [-0.25, -0.2) is 4.98 Å². The predicted molar refractivity (Wildman–Crippen MR) is 105 cm³/mol. The normalized spacial score (nSPS) is 20.6. The lowest BCUT2D eigenvalue weighted by Crippen LogP contribution is -2.47. The van der Waals surface area contributed by atoms with Crippen LogP contribution in [0.3, 0.4) is 0 Å². The Hall–Kier alpha value is -1.89. The molecule has 2 heterocycles. The smallest absolute Gasteiger partial charge is 0.220 e. The van der Waals surface area contributed by atoms with Crippen molar-refractivity contribution >= 4 is 17.5 Å². The fourth-order valence-corrected chi connectivity index (χ4v) is 3.43. The molecule has 2 atom stereocenters. The minimum absolute atomic E-state index is 0.00981. The quantitative estimate of drug-likeness (QED) is 0.785. The van der Waals surface area contributed by atoms with E-state index in [0.29, 0.717) is 36.1 Å². The van der Waals surface area contributed by atoms with Gasteiger partial charge in [0.15, 0.2) is 11.7 Å². The number of hydrogen-bond acceptors (Lipinski definition) is 5. The van der Waals surface area contributed by atoms with E-state index < -0.39 is 0 Å². The summed E-state index contributed by atoms with van der Waals surface area (Å²) in [6.45, 7) is 7.45. The molecule has 0 spiro atoms. The first-order chi connectivity index (χ1) is 13.0. The fraction of sp³-hybridized carbons (Fsp3) is 0.500. The Kier molecular flexibility index (Phi) is 6.88. The lowest BCUT2D eigenvalue weighted by atomic mass is 10.2. The number of halogens is 1. The van der Waals surface area contributed by atoms with Crippen LogP contribution < -0.4 is 5.32 Å². The van der Waals surface area contributed by atoms with Gasteiger partial charge in [-0.3, -0.25) is 9.69 Å². The highest BCUT2D eigenvalue weighted by Gasteiger charge is 2.21. The summed E-state index contributed by atoms with van der Waals surface area (Å²) in [7, 11) is 0. The summed E-state index contributed by atoms with van der Waals surface area (Å²) >= 11 is 5.89. The predicted octanol–water partition coefficient (Wildman–Crippen LogP) is 3.15. The summed E-state index contributed by atoms with van der Waals surface area (Å²) in [5.41, 5.74) is 0.913. The van der Waals surface area contributed by atoms with Crippen LogP contribution in [0.15, 0.2) is 34.9 Å². The first-order valence-corrected chi connectivity index (χ1v) is 9.72.